The summed E-state index contributed by atoms with van der Waals surface area (Å²) in [6.45, 7) is 3.23. The molecule has 0 amide bonds. The zero-order valence-electron chi connectivity index (χ0n) is 11.6. The smallest absolute Gasteiger partial charge is 0.147 e. The Bertz CT molecular complexity index is 414. The zero-order chi connectivity index (χ0) is 13.1. The minimum absolute atomic E-state index is 0.279. The molecule has 5 nitrogen and oxygen atoms in total. The Morgan fingerprint density at radius 3 is 2.84 bits per heavy atom. The lowest BCUT2D eigenvalue weighted by molar-refractivity contribution is 0.105. The van der Waals surface area contributed by atoms with Crippen LogP contribution in [0.4, 0.5) is 0 Å². The van der Waals surface area contributed by atoms with Gasteiger partial charge in [-0.15, -0.1) is 10.2 Å². The molecule has 2 aliphatic rings. The summed E-state index contributed by atoms with van der Waals surface area (Å²) in [4.78, 5) is 2.49. The van der Waals surface area contributed by atoms with Crippen LogP contribution < -0.4 is 0 Å². The number of nitrogens with zero attached hydrogens (tertiary/aromatic N) is 4. The summed E-state index contributed by atoms with van der Waals surface area (Å²) < 4.78 is 2.31. The van der Waals surface area contributed by atoms with Gasteiger partial charge in [0.15, 0.2) is 0 Å². The molecule has 1 fully saturated rings. The van der Waals surface area contributed by atoms with Crippen LogP contribution in [0.2, 0.25) is 0 Å². The highest BCUT2D eigenvalue weighted by Gasteiger charge is 2.26. The molecule has 2 heterocycles. The van der Waals surface area contributed by atoms with Crippen molar-refractivity contribution >= 4 is 0 Å². The molecule has 1 saturated carbocycles. The highest BCUT2D eigenvalue weighted by atomic mass is 16.3. The van der Waals surface area contributed by atoms with Gasteiger partial charge in [0.25, 0.3) is 0 Å². The second-order valence-electron chi connectivity index (χ2n) is 5.77. The van der Waals surface area contributed by atoms with Crippen molar-refractivity contribution in [3.63, 3.8) is 0 Å². The lowest BCUT2D eigenvalue weighted by atomic mass is 9.91. The molecule has 1 aromatic heterocycles. The average molecular weight is 264 g/mol. The van der Waals surface area contributed by atoms with E-state index < -0.39 is 0 Å². The van der Waals surface area contributed by atoms with Crippen LogP contribution in [0.15, 0.2) is 0 Å². The standard InChI is InChI=1S/C14H24N4O/c19-10-4-8-17(12-5-3-6-12)11-14-16-15-13-7-1-2-9-18(13)14/h12,19H,1-11H2. The molecule has 1 aliphatic heterocycles. The molecular formula is C14H24N4O. The lowest BCUT2D eigenvalue weighted by Gasteiger charge is -2.37. The van der Waals surface area contributed by atoms with Crippen LogP contribution in [-0.2, 0) is 19.5 Å². The zero-order valence-corrected chi connectivity index (χ0v) is 11.6. The number of hydrogen-bond donors (Lipinski definition) is 1. The summed E-state index contributed by atoms with van der Waals surface area (Å²) in [6, 6.07) is 0.697. The van der Waals surface area contributed by atoms with Crippen molar-refractivity contribution < 1.29 is 5.11 Å². The quantitative estimate of drug-likeness (QED) is 0.842. The molecule has 1 aromatic rings. The minimum atomic E-state index is 0.279. The van der Waals surface area contributed by atoms with Crippen LogP contribution in [0.1, 0.15) is 50.2 Å². The Labute approximate surface area is 114 Å². The van der Waals surface area contributed by atoms with Crippen LogP contribution in [0.3, 0.4) is 0 Å². The van der Waals surface area contributed by atoms with E-state index in [9.17, 15) is 0 Å². The van der Waals surface area contributed by atoms with Crippen LogP contribution in [0.25, 0.3) is 0 Å². The summed E-state index contributed by atoms with van der Waals surface area (Å²) in [5, 5.41) is 17.8. The molecule has 106 valence electrons. The molecule has 0 atom stereocenters. The van der Waals surface area contributed by atoms with Crippen LogP contribution in [0.5, 0.6) is 0 Å². The lowest BCUT2D eigenvalue weighted by Crippen LogP contribution is -2.41. The highest BCUT2D eigenvalue weighted by molar-refractivity contribution is 4.99. The first kappa shape index (κ1) is 13.1. The van der Waals surface area contributed by atoms with Gasteiger partial charge in [0.1, 0.15) is 11.6 Å². The molecule has 19 heavy (non-hydrogen) atoms. The molecule has 3 rings (SSSR count). The van der Waals surface area contributed by atoms with Crippen LogP contribution >= 0.6 is 0 Å². The monoisotopic (exact) mass is 264 g/mol. The van der Waals surface area contributed by atoms with Gasteiger partial charge in [-0.05, 0) is 32.1 Å². The van der Waals surface area contributed by atoms with E-state index in [1.54, 1.807) is 0 Å². The van der Waals surface area contributed by atoms with E-state index in [1.807, 2.05) is 0 Å². The van der Waals surface area contributed by atoms with Gasteiger partial charge in [-0.1, -0.05) is 6.42 Å². The SMILES string of the molecule is OCCCN(Cc1nnc2n1CCCC2)C1CCC1. The fourth-order valence-corrected chi connectivity index (χ4v) is 3.08. The summed E-state index contributed by atoms with van der Waals surface area (Å²) in [5.74, 6) is 2.29. The van der Waals surface area contributed by atoms with Crippen molar-refractivity contribution in [2.45, 2.75) is 64.1 Å². The van der Waals surface area contributed by atoms with Gasteiger partial charge in [0, 0.05) is 32.2 Å². The Hall–Kier alpha value is -0.940. The Balaban J connectivity index is 1.68. The summed E-state index contributed by atoms with van der Waals surface area (Å²) >= 11 is 0. The van der Waals surface area contributed by atoms with E-state index in [-0.39, 0.29) is 6.61 Å². The summed E-state index contributed by atoms with van der Waals surface area (Å²) in [5.41, 5.74) is 0. The third-order valence-corrected chi connectivity index (χ3v) is 4.48. The normalized spacial score (nSPS) is 19.5. The molecule has 0 aromatic carbocycles. The number of aliphatic hydroxyl groups excluding tert-OH is 1. The fourth-order valence-electron chi connectivity index (χ4n) is 3.08. The van der Waals surface area contributed by atoms with E-state index in [0.717, 1.165) is 44.1 Å². The average Bonchev–Trinajstić information content (AvgIpc) is 2.77. The second-order valence-corrected chi connectivity index (χ2v) is 5.77. The van der Waals surface area contributed by atoms with Crippen molar-refractivity contribution in [2.75, 3.05) is 13.2 Å². The first-order chi connectivity index (χ1) is 9.38. The van der Waals surface area contributed by atoms with E-state index in [4.69, 9.17) is 5.11 Å². The largest absolute Gasteiger partial charge is 0.396 e. The predicted octanol–water partition coefficient (Wildman–Crippen LogP) is 1.35. The number of aromatic nitrogens is 3. The third-order valence-electron chi connectivity index (χ3n) is 4.48. The van der Waals surface area contributed by atoms with Gasteiger partial charge in [0.2, 0.25) is 0 Å². The predicted molar refractivity (Wildman–Crippen MR) is 72.7 cm³/mol. The molecule has 1 N–H and O–H groups in total. The van der Waals surface area contributed by atoms with Crippen LogP contribution in [0, 0.1) is 0 Å². The number of aryl methyl sites for hydroxylation is 1. The molecule has 0 radical (unpaired) electrons. The van der Waals surface area contributed by atoms with Crippen molar-refractivity contribution in [3.8, 4) is 0 Å². The minimum Gasteiger partial charge on any atom is -0.396 e. The Morgan fingerprint density at radius 1 is 1.21 bits per heavy atom. The van der Waals surface area contributed by atoms with Gasteiger partial charge in [-0.3, -0.25) is 4.90 Å². The number of fused-ring (bicyclic) bond motifs is 1. The molecule has 0 saturated heterocycles. The maximum atomic E-state index is 9.05. The number of rotatable bonds is 6. The Morgan fingerprint density at radius 2 is 2.11 bits per heavy atom. The molecule has 5 heteroatoms. The van der Waals surface area contributed by atoms with Gasteiger partial charge in [-0.2, -0.15) is 0 Å². The van der Waals surface area contributed by atoms with Crippen molar-refractivity contribution in [1.82, 2.24) is 19.7 Å². The molecular weight excluding hydrogens is 240 g/mol. The summed E-state index contributed by atoms with van der Waals surface area (Å²) in [6.07, 6.45) is 8.37. The molecule has 0 unspecified atom stereocenters. The summed E-state index contributed by atoms with van der Waals surface area (Å²) in [7, 11) is 0. The maximum Gasteiger partial charge on any atom is 0.147 e. The van der Waals surface area contributed by atoms with E-state index in [1.165, 1.54) is 32.1 Å². The number of hydrogen-bond acceptors (Lipinski definition) is 4. The molecule has 0 bridgehead atoms. The topological polar surface area (TPSA) is 54.2 Å². The second kappa shape index (κ2) is 6.01. The first-order valence-corrected chi connectivity index (χ1v) is 7.64. The van der Waals surface area contributed by atoms with Crippen molar-refractivity contribution in [3.05, 3.63) is 11.6 Å². The van der Waals surface area contributed by atoms with Crippen molar-refractivity contribution in [1.29, 1.82) is 0 Å². The van der Waals surface area contributed by atoms with E-state index >= 15 is 0 Å². The first-order valence-electron chi connectivity index (χ1n) is 7.64. The molecule has 0 spiro atoms. The maximum absolute atomic E-state index is 9.05. The van der Waals surface area contributed by atoms with Crippen LogP contribution in [-0.4, -0.2) is 44.0 Å². The van der Waals surface area contributed by atoms with Gasteiger partial charge < -0.3 is 9.67 Å². The fraction of sp³-hybridized carbons (Fsp3) is 0.857. The van der Waals surface area contributed by atoms with E-state index in [0.29, 0.717) is 6.04 Å². The van der Waals surface area contributed by atoms with Gasteiger partial charge in [-0.25, -0.2) is 0 Å². The third kappa shape index (κ3) is 2.82. The van der Waals surface area contributed by atoms with E-state index in [2.05, 4.69) is 19.7 Å². The van der Waals surface area contributed by atoms with Gasteiger partial charge in [0.05, 0.1) is 6.54 Å². The van der Waals surface area contributed by atoms with Gasteiger partial charge >= 0.3 is 0 Å². The Kier molecular flexibility index (Phi) is 4.13. The van der Waals surface area contributed by atoms with Crippen molar-refractivity contribution in [2.24, 2.45) is 0 Å². The highest BCUT2D eigenvalue weighted by Crippen LogP contribution is 2.26. The number of aliphatic hydroxyl groups is 1. The molecule has 1 aliphatic carbocycles.